The first-order valence-corrected chi connectivity index (χ1v) is 31.4. The summed E-state index contributed by atoms with van der Waals surface area (Å²) in [6.45, 7) is 4.56. The van der Waals surface area contributed by atoms with Gasteiger partial charge in [-0.3, -0.25) is 23.4 Å². The molecule has 0 saturated heterocycles. The van der Waals surface area contributed by atoms with E-state index in [-0.39, 0.29) is 25.9 Å². The molecule has 0 rings (SSSR count). The molecular weight excluding hydrogens is 928 g/mol. The number of hydrogen-bond acceptors (Lipinski definition) is 10. The van der Waals surface area contributed by atoms with E-state index in [1.165, 1.54) is 141 Å². The lowest BCUT2D eigenvalue weighted by atomic mass is 10.0. The molecule has 0 spiro atoms. The van der Waals surface area contributed by atoms with Gasteiger partial charge in [0, 0.05) is 19.3 Å². The number of phosphoric ester groups is 1. The molecule has 0 aliphatic rings. The first-order chi connectivity index (χ1) is 35.2. The average molecular weight is 1040 g/mol. The van der Waals surface area contributed by atoms with Crippen molar-refractivity contribution in [3.05, 3.63) is 36.5 Å². The molecule has 0 aromatic heterocycles. The number of hydrogen-bond donors (Lipinski definition) is 2. The summed E-state index contributed by atoms with van der Waals surface area (Å²) < 4.78 is 39.5. The second-order valence-electron chi connectivity index (χ2n) is 20.1. The highest BCUT2D eigenvalue weighted by Gasteiger charge is 2.28. The quantitative estimate of drug-likeness (QED) is 0.0197. The molecule has 0 aromatic carbocycles. The maximum atomic E-state index is 12.9. The third-order valence-corrected chi connectivity index (χ3v) is 14.0. The van der Waals surface area contributed by atoms with Crippen LogP contribution in [0.5, 0.6) is 0 Å². The van der Waals surface area contributed by atoms with Gasteiger partial charge < -0.3 is 24.2 Å². The Labute approximate surface area is 441 Å². The molecule has 12 heteroatoms. The second-order valence-corrected chi connectivity index (χ2v) is 21.6. The standard InChI is InChI=1S/C60H111O11P/c1-4-7-10-13-16-19-22-24-26-27-28-29-31-33-36-39-42-45-48-51-60(64)71-57(53-67-58(62)49-46-43-40-37-34-21-18-15-12-9-6-3)55-69-72(65,66)68-54-56(52-61)70-59(63)50-47-44-41-38-35-32-30-25-23-20-17-14-11-8-5-2/h8,11,17,20,25,30,56-57,61H,4-7,9-10,12-16,18-19,21-24,26-29,31-55H2,1-3H3,(H,65,66)/b11-8-,20-17-,30-25-. The summed E-state index contributed by atoms with van der Waals surface area (Å²) in [6.07, 6.45) is 56.8. The van der Waals surface area contributed by atoms with Crippen LogP contribution in [0.25, 0.3) is 0 Å². The van der Waals surface area contributed by atoms with Crippen LogP contribution in [-0.2, 0) is 42.2 Å². The van der Waals surface area contributed by atoms with Crippen LogP contribution in [0.3, 0.4) is 0 Å². The number of unbranched alkanes of at least 4 members (excludes halogenated alkanes) is 33. The van der Waals surface area contributed by atoms with E-state index < -0.39 is 57.8 Å². The summed E-state index contributed by atoms with van der Waals surface area (Å²) in [5.74, 6) is -1.46. The van der Waals surface area contributed by atoms with Gasteiger partial charge in [-0.15, -0.1) is 0 Å². The van der Waals surface area contributed by atoms with Gasteiger partial charge in [-0.2, -0.15) is 0 Å². The third-order valence-electron chi connectivity index (χ3n) is 13.1. The Bertz CT molecular complexity index is 1350. The first kappa shape index (κ1) is 69.7. The van der Waals surface area contributed by atoms with Crippen LogP contribution < -0.4 is 0 Å². The minimum Gasteiger partial charge on any atom is -0.462 e. The zero-order chi connectivity index (χ0) is 52.7. The zero-order valence-corrected chi connectivity index (χ0v) is 47.6. The van der Waals surface area contributed by atoms with Gasteiger partial charge in [-0.1, -0.05) is 256 Å². The van der Waals surface area contributed by atoms with Crippen molar-refractivity contribution in [3.8, 4) is 0 Å². The van der Waals surface area contributed by atoms with Gasteiger partial charge in [0.2, 0.25) is 0 Å². The summed E-state index contributed by atoms with van der Waals surface area (Å²) >= 11 is 0. The molecule has 2 N–H and O–H groups in total. The van der Waals surface area contributed by atoms with Gasteiger partial charge in [-0.25, -0.2) is 4.57 Å². The predicted molar refractivity (Wildman–Crippen MR) is 298 cm³/mol. The molecule has 3 unspecified atom stereocenters. The van der Waals surface area contributed by atoms with Gasteiger partial charge in [0.05, 0.1) is 19.8 Å². The van der Waals surface area contributed by atoms with Gasteiger partial charge in [0.25, 0.3) is 0 Å². The molecule has 0 radical (unpaired) electrons. The van der Waals surface area contributed by atoms with E-state index in [0.717, 1.165) is 89.9 Å². The molecular formula is C60H111O11P. The van der Waals surface area contributed by atoms with Crippen LogP contribution in [0.4, 0.5) is 0 Å². The molecule has 3 atom stereocenters. The smallest absolute Gasteiger partial charge is 0.462 e. The summed E-state index contributed by atoms with van der Waals surface area (Å²) in [4.78, 5) is 48.5. The second kappa shape index (κ2) is 54.9. The predicted octanol–water partition coefficient (Wildman–Crippen LogP) is 17.6. The molecule has 0 aliphatic heterocycles. The number of aliphatic hydroxyl groups excluding tert-OH is 1. The Morgan fingerprint density at radius 3 is 1.11 bits per heavy atom. The Morgan fingerprint density at radius 1 is 0.403 bits per heavy atom. The Morgan fingerprint density at radius 2 is 0.722 bits per heavy atom. The lowest BCUT2D eigenvalue weighted by Crippen LogP contribution is -2.30. The van der Waals surface area contributed by atoms with Gasteiger partial charge in [-0.05, 0) is 51.4 Å². The van der Waals surface area contributed by atoms with Crippen molar-refractivity contribution in [1.29, 1.82) is 0 Å². The fourth-order valence-electron chi connectivity index (χ4n) is 8.55. The van der Waals surface area contributed by atoms with Crippen LogP contribution in [-0.4, -0.2) is 66.5 Å². The van der Waals surface area contributed by atoms with Crippen molar-refractivity contribution in [2.45, 2.75) is 303 Å². The van der Waals surface area contributed by atoms with Crippen LogP contribution in [0.2, 0.25) is 0 Å². The molecule has 0 bridgehead atoms. The maximum Gasteiger partial charge on any atom is 0.472 e. The van der Waals surface area contributed by atoms with E-state index in [2.05, 4.69) is 57.2 Å². The van der Waals surface area contributed by atoms with E-state index in [4.69, 9.17) is 23.3 Å². The minimum absolute atomic E-state index is 0.161. The SMILES string of the molecule is CC/C=C\C/C=C\C/C=C\CCCCCCCC(=O)OC(CO)COP(=O)(O)OCC(COC(=O)CCCCCCCCCCCCC)OC(=O)CCCCCCCCCCCCCCCCCCCCC. The largest absolute Gasteiger partial charge is 0.472 e. The van der Waals surface area contributed by atoms with E-state index in [1.54, 1.807) is 0 Å². The van der Waals surface area contributed by atoms with Crippen molar-refractivity contribution in [3.63, 3.8) is 0 Å². The van der Waals surface area contributed by atoms with E-state index in [0.29, 0.717) is 19.3 Å². The Hall–Kier alpha value is -2.30. The first-order valence-electron chi connectivity index (χ1n) is 29.9. The zero-order valence-electron chi connectivity index (χ0n) is 46.7. The summed E-state index contributed by atoms with van der Waals surface area (Å²) in [6, 6.07) is 0. The van der Waals surface area contributed by atoms with E-state index in [9.17, 15) is 28.9 Å². The maximum absolute atomic E-state index is 12.9. The number of phosphoric acid groups is 1. The number of allylic oxidation sites excluding steroid dienone is 6. The molecule has 0 amide bonds. The number of ether oxygens (including phenoxy) is 3. The van der Waals surface area contributed by atoms with Crippen LogP contribution in [0.15, 0.2) is 36.5 Å². The molecule has 11 nitrogen and oxygen atoms in total. The fourth-order valence-corrected chi connectivity index (χ4v) is 9.33. The van der Waals surface area contributed by atoms with Crippen molar-refractivity contribution in [1.82, 2.24) is 0 Å². The Balaban J connectivity index is 4.64. The molecule has 0 aliphatic carbocycles. The van der Waals surface area contributed by atoms with Gasteiger partial charge >= 0.3 is 25.7 Å². The number of carbonyl (C=O) groups excluding carboxylic acids is 3. The monoisotopic (exact) mass is 1040 g/mol. The van der Waals surface area contributed by atoms with Crippen molar-refractivity contribution < 1.29 is 52.2 Å². The van der Waals surface area contributed by atoms with Crippen molar-refractivity contribution in [2.24, 2.45) is 0 Å². The molecule has 0 fully saturated rings. The molecule has 0 heterocycles. The van der Waals surface area contributed by atoms with Crippen LogP contribution in [0.1, 0.15) is 290 Å². The molecule has 72 heavy (non-hydrogen) atoms. The molecule has 0 aromatic rings. The fraction of sp³-hybridized carbons (Fsp3) is 0.850. The average Bonchev–Trinajstić information content (AvgIpc) is 3.37. The van der Waals surface area contributed by atoms with E-state index in [1.807, 2.05) is 0 Å². The number of carbonyl (C=O) groups is 3. The minimum atomic E-state index is -4.74. The number of esters is 3. The van der Waals surface area contributed by atoms with Crippen LogP contribution in [0, 0.1) is 0 Å². The molecule has 0 saturated carbocycles. The third kappa shape index (κ3) is 52.6. The summed E-state index contributed by atoms with van der Waals surface area (Å²) in [5, 5.41) is 9.81. The highest BCUT2D eigenvalue weighted by Crippen LogP contribution is 2.43. The van der Waals surface area contributed by atoms with Crippen LogP contribution >= 0.6 is 7.82 Å². The lowest BCUT2D eigenvalue weighted by molar-refractivity contribution is -0.161. The summed E-state index contributed by atoms with van der Waals surface area (Å²) in [7, 11) is -4.74. The van der Waals surface area contributed by atoms with Gasteiger partial charge in [0.15, 0.2) is 6.10 Å². The number of rotatable bonds is 56. The van der Waals surface area contributed by atoms with E-state index >= 15 is 0 Å². The van der Waals surface area contributed by atoms with Crippen molar-refractivity contribution in [2.75, 3.05) is 26.4 Å². The number of aliphatic hydroxyl groups is 1. The van der Waals surface area contributed by atoms with Gasteiger partial charge in [0.1, 0.15) is 12.7 Å². The summed E-state index contributed by atoms with van der Waals surface area (Å²) in [5.41, 5.74) is 0. The lowest BCUT2D eigenvalue weighted by Gasteiger charge is -2.21. The highest BCUT2D eigenvalue weighted by atomic mass is 31.2. The Kier molecular flexibility index (Phi) is 53.2. The normalized spacial score (nSPS) is 13.6. The molecule has 422 valence electrons. The highest BCUT2D eigenvalue weighted by molar-refractivity contribution is 7.47. The topological polar surface area (TPSA) is 155 Å². The van der Waals surface area contributed by atoms with Crippen molar-refractivity contribution >= 4 is 25.7 Å².